The molecule has 1 saturated heterocycles. The number of nitrogens with zero attached hydrogens (tertiary/aromatic N) is 3. The van der Waals surface area contributed by atoms with Crippen LogP contribution in [0.4, 0.5) is 13.2 Å². The summed E-state index contributed by atoms with van der Waals surface area (Å²) in [5.74, 6) is -0.238. The molecular formula is C19H29F3IN5O. The summed E-state index contributed by atoms with van der Waals surface area (Å²) in [6, 6.07) is 10.7. The van der Waals surface area contributed by atoms with E-state index in [1.807, 2.05) is 18.2 Å². The predicted molar refractivity (Wildman–Crippen MR) is 118 cm³/mol. The number of carbonyl (C=O) groups is 1. The van der Waals surface area contributed by atoms with Crippen LogP contribution in [0.15, 0.2) is 35.3 Å². The van der Waals surface area contributed by atoms with Crippen molar-refractivity contribution in [2.24, 2.45) is 4.99 Å². The van der Waals surface area contributed by atoms with Crippen molar-refractivity contribution >= 4 is 35.8 Å². The maximum Gasteiger partial charge on any atom is 0.406 e. The Morgan fingerprint density at radius 3 is 2.55 bits per heavy atom. The first kappa shape index (κ1) is 25.5. The highest BCUT2D eigenvalue weighted by Crippen LogP contribution is 2.20. The molecule has 10 heteroatoms. The summed E-state index contributed by atoms with van der Waals surface area (Å²) in [5, 5.41) is 6.06. The Kier molecular flexibility index (Phi) is 10.2. The number of guanidine groups is 1. The third kappa shape index (κ3) is 8.77. The first-order valence-corrected chi connectivity index (χ1v) is 9.24. The van der Waals surface area contributed by atoms with Gasteiger partial charge in [0.25, 0.3) is 0 Å². The van der Waals surface area contributed by atoms with Gasteiger partial charge in [-0.1, -0.05) is 30.3 Å². The largest absolute Gasteiger partial charge is 0.406 e. The fraction of sp³-hybridized carbons (Fsp3) is 0.579. The van der Waals surface area contributed by atoms with E-state index in [4.69, 9.17) is 0 Å². The number of likely N-dealkylation sites (N-methyl/N-ethyl adjacent to an activating group) is 1. The number of alkyl halides is 3. The molecule has 0 saturated carbocycles. The minimum atomic E-state index is -4.41. The van der Waals surface area contributed by atoms with Gasteiger partial charge in [-0.2, -0.15) is 13.2 Å². The maximum atomic E-state index is 12.4. The summed E-state index contributed by atoms with van der Waals surface area (Å²) in [6.45, 7) is 2.32. The molecule has 1 heterocycles. The van der Waals surface area contributed by atoms with Crippen molar-refractivity contribution in [1.82, 2.24) is 20.4 Å². The molecule has 2 unspecified atom stereocenters. The second kappa shape index (κ2) is 11.6. The van der Waals surface area contributed by atoms with Gasteiger partial charge in [0.1, 0.15) is 6.54 Å². The highest BCUT2D eigenvalue weighted by molar-refractivity contribution is 14.0. The van der Waals surface area contributed by atoms with Gasteiger partial charge in [0.2, 0.25) is 5.91 Å². The average molecular weight is 527 g/mol. The molecule has 164 valence electrons. The number of aliphatic imine (C=N–C) groups is 1. The van der Waals surface area contributed by atoms with Gasteiger partial charge in [0.15, 0.2) is 5.96 Å². The monoisotopic (exact) mass is 527 g/mol. The van der Waals surface area contributed by atoms with E-state index in [1.165, 1.54) is 5.56 Å². The normalized spacial score (nSPS) is 20.1. The SMILES string of the molecule is CN=C(NCC(=O)N(C)CC(F)(F)F)NC1CC(C)N(Cc2ccccc2)C1.I. The number of halogens is 4. The van der Waals surface area contributed by atoms with Crippen molar-refractivity contribution in [2.75, 3.05) is 33.7 Å². The van der Waals surface area contributed by atoms with E-state index in [-0.39, 0.29) is 36.6 Å². The summed E-state index contributed by atoms with van der Waals surface area (Å²) in [4.78, 5) is 18.9. The predicted octanol–water partition coefficient (Wildman–Crippen LogP) is 2.45. The fourth-order valence-electron chi connectivity index (χ4n) is 3.28. The number of nitrogens with one attached hydrogen (secondary N) is 2. The maximum absolute atomic E-state index is 12.4. The Hall–Kier alpha value is -1.56. The van der Waals surface area contributed by atoms with Crippen LogP contribution in [-0.4, -0.2) is 73.7 Å². The number of amides is 1. The molecule has 2 N–H and O–H groups in total. The molecule has 0 radical (unpaired) electrons. The molecular weight excluding hydrogens is 498 g/mol. The minimum Gasteiger partial charge on any atom is -0.352 e. The van der Waals surface area contributed by atoms with E-state index in [1.54, 1.807) is 7.05 Å². The lowest BCUT2D eigenvalue weighted by molar-refractivity contribution is -0.157. The Bertz CT molecular complexity index is 672. The van der Waals surface area contributed by atoms with Crippen molar-refractivity contribution in [1.29, 1.82) is 0 Å². The van der Waals surface area contributed by atoms with E-state index in [2.05, 4.69) is 39.6 Å². The quantitative estimate of drug-likeness (QED) is 0.339. The van der Waals surface area contributed by atoms with Crippen LogP contribution >= 0.6 is 24.0 Å². The second-order valence-electron chi connectivity index (χ2n) is 7.13. The number of benzene rings is 1. The zero-order valence-electron chi connectivity index (χ0n) is 16.9. The lowest BCUT2D eigenvalue weighted by Gasteiger charge is -2.22. The van der Waals surface area contributed by atoms with E-state index in [0.29, 0.717) is 16.9 Å². The van der Waals surface area contributed by atoms with Gasteiger partial charge in [-0.05, 0) is 18.9 Å². The van der Waals surface area contributed by atoms with Gasteiger partial charge < -0.3 is 15.5 Å². The van der Waals surface area contributed by atoms with Crippen molar-refractivity contribution in [3.8, 4) is 0 Å². The fourth-order valence-corrected chi connectivity index (χ4v) is 3.28. The third-order valence-corrected chi connectivity index (χ3v) is 4.75. The van der Waals surface area contributed by atoms with Gasteiger partial charge in [-0.25, -0.2) is 0 Å². The molecule has 1 amide bonds. The van der Waals surface area contributed by atoms with E-state index in [0.717, 1.165) is 26.6 Å². The molecule has 2 rings (SSSR count). The molecule has 1 fully saturated rings. The molecule has 0 bridgehead atoms. The van der Waals surface area contributed by atoms with E-state index >= 15 is 0 Å². The number of likely N-dealkylation sites (tertiary alicyclic amines) is 1. The van der Waals surface area contributed by atoms with Crippen molar-refractivity contribution in [3.05, 3.63) is 35.9 Å². The summed E-state index contributed by atoms with van der Waals surface area (Å²) < 4.78 is 37.1. The summed E-state index contributed by atoms with van der Waals surface area (Å²) in [6.07, 6.45) is -3.50. The molecule has 0 aromatic heterocycles. The van der Waals surface area contributed by atoms with Gasteiger partial charge in [0.05, 0.1) is 6.54 Å². The van der Waals surface area contributed by atoms with Crippen LogP contribution in [0.3, 0.4) is 0 Å². The standard InChI is InChI=1S/C19H28F3N5O.HI/c1-14-9-16(12-27(14)11-15-7-5-4-6-8-15)25-18(23-2)24-10-17(28)26(3)13-19(20,21)22;/h4-8,14,16H,9-13H2,1-3H3,(H2,23,24,25);1H. The van der Waals surface area contributed by atoms with Crippen LogP contribution in [0, 0.1) is 0 Å². The van der Waals surface area contributed by atoms with Gasteiger partial charge in [-0.15, -0.1) is 24.0 Å². The zero-order chi connectivity index (χ0) is 20.7. The number of rotatable bonds is 6. The third-order valence-electron chi connectivity index (χ3n) is 4.75. The molecule has 0 spiro atoms. The molecule has 29 heavy (non-hydrogen) atoms. The summed E-state index contributed by atoms with van der Waals surface area (Å²) >= 11 is 0. The van der Waals surface area contributed by atoms with Crippen LogP contribution < -0.4 is 10.6 Å². The number of carbonyl (C=O) groups excluding carboxylic acids is 1. The Labute approximate surface area is 186 Å². The average Bonchev–Trinajstić information content (AvgIpc) is 2.96. The smallest absolute Gasteiger partial charge is 0.352 e. The van der Waals surface area contributed by atoms with Crippen molar-refractivity contribution < 1.29 is 18.0 Å². The first-order valence-electron chi connectivity index (χ1n) is 9.24. The Morgan fingerprint density at radius 2 is 1.97 bits per heavy atom. The minimum absolute atomic E-state index is 0. The highest BCUT2D eigenvalue weighted by atomic mass is 127. The van der Waals surface area contributed by atoms with Crippen LogP contribution in [0.1, 0.15) is 18.9 Å². The van der Waals surface area contributed by atoms with Gasteiger partial charge >= 0.3 is 6.18 Å². The Morgan fingerprint density at radius 1 is 1.31 bits per heavy atom. The molecule has 1 aromatic carbocycles. The number of hydrogen-bond acceptors (Lipinski definition) is 3. The molecule has 1 aliphatic rings. The Balaban J connectivity index is 0.00000420. The summed E-state index contributed by atoms with van der Waals surface area (Å²) in [5.41, 5.74) is 1.25. The van der Waals surface area contributed by atoms with Gasteiger partial charge in [-0.3, -0.25) is 14.7 Å². The zero-order valence-corrected chi connectivity index (χ0v) is 19.2. The summed E-state index contributed by atoms with van der Waals surface area (Å²) in [7, 11) is 2.70. The van der Waals surface area contributed by atoms with E-state index < -0.39 is 18.6 Å². The molecule has 1 aromatic rings. The second-order valence-corrected chi connectivity index (χ2v) is 7.13. The number of hydrogen-bond donors (Lipinski definition) is 2. The van der Waals surface area contributed by atoms with Crippen LogP contribution in [0.2, 0.25) is 0 Å². The lowest BCUT2D eigenvalue weighted by Crippen LogP contribution is -2.48. The topological polar surface area (TPSA) is 60.0 Å². The first-order chi connectivity index (χ1) is 13.2. The lowest BCUT2D eigenvalue weighted by atomic mass is 10.2. The van der Waals surface area contributed by atoms with Crippen LogP contribution in [0.25, 0.3) is 0 Å². The van der Waals surface area contributed by atoms with Gasteiger partial charge in [0, 0.05) is 39.3 Å². The van der Waals surface area contributed by atoms with Crippen LogP contribution in [0.5, 0.6) is 0 Å². The van der Waals surface area contributed by atoms with Crippen molar-refractivity contribution in [3.63, 3.8) is 0 Å². The molecule has 2 atom stereocenters. The van der Waals surface area contributed by atoms with Crippen molar-refractivity contribution in [2.45, 2.75) is 38.1 Å². The van der Waals surface area contributed by atoms with E-state index in [9.17, 15) is 18.0 Å². The highest BCUT2D eigenvalue weighted by Gasteiger charge is 2.32. The molecule has 0 aliphatic carbocycles. The molecule has 1 aliphatic heterocycles. The van der Waals surface area contributed by atoms with Crippen LogP contribution in [-0.2, 0) is 11.3 Å². The molecule has 6 nitrogen and oxygen atoms in total.